The van der Waals surface area contributed by atoms with Crippen LogP contribution in [0.5, 0.6) is 5.75 Å². The number of benzene rings is 1. The Labute approximate surface area is 113 Å². The number of ether oxygens (including phenoxy) is 1. The molecule has 1 saturated carbocycles. The zero-order valence-corrected chi connectivity index (χ0v) is 11.5. The SMILES string of the molecule is Cc1ccccc1OCC(=O)NC(C)(CO)C1CC1. The lowest BCUT2D eigenvalue weighted by Gasteiger charge is -2.28. The summed E-state index contributed by atoms with van der Waals surface area (Å²) in [5.74, 6) is 0.918. The number of aryl methyl sites for hydroxylation is 1. The van der Waals surface area contributed by atoms with Crippen LogP contribution in [0.3, 0.4) is 0 Å². The highest BCUT2D eigenvalue weighted by Crippen LogP contribution is 2.39. The summed E-state index contributed by atoms with van der Waals surface area (Å²) in [6, 6.07) is 7.59. The molecule has 1 unspecified atom stereocenters. The second-order valence-electron chi connectivity index (χ2n) is 5.45. The van der Waals surface area contributed by atoms with E-state index in [0.717, 1.165) is 24.2 Å². The van der Waals surface area contributed by atoms with Crippen molar-refractivity contribution in [2.75, 3.05) is 13.2 Å². The number of carbonyl (C=O) groups excluding carboxylic acids is 1. The number of aliphatic hydroxyl groups is 1. The summed E-state index contributed by atoms with van der Waals surface area (Å²) in [6.07, 6.45) is 2.13. The fourth-order valence-electron chi connectivity index (χ4n) is 2.21. The quantitative estimate of drug-likeness (QED) is 0.820. The summed E-state index contributed by atoms with van der Waals surface area (Å²) in [5, 5.41) is 12.3. The second kappa shape index (κ2) is 5.61. The average Bonchev–Trinajstić information content (AvgIpc) is 3.22. The van der Waals surface area contributed by atoms with Crippen LogP contribution in [0, 0.1) is 12.8 Å². The van der Waals surface area contributed by atoms with Gasteiger partial charge in [-0.2, -0.15) is 0 Å². The van der Waals surface area contributed by atoms with Gasteiger partial charge in [-0.15, -0.1) is 0 Å². The van der Waals surface area contributed by atoms with Crippen LogP contribution in [-0.2, 0) is 4.79 Å². The number of amides is 1. The largest absolute Gasteiger partial charge is 0.484 e. The first-order valence-corrected chi connectivity index (χ1v) is 6.65. The van der Waals surface area contributed by atoms with E-state index in [1.54, 1.807) is 0 Å². The molecular formula is C15H21NO3. The van der Waals surface area contributed by atoms with Gasteiger partial charge < -0.3 is 15.2 Å². The lowest BCUT2D eigenvalue weighted by molar-refractivity contribution is -0.125. The Morgan fingerprint density at radius 3 is 2.74 bits per heavy atom. The van der Waals surface area contributed by atoms with Crippen molar-refractivity contribution < 1.29 is 14.6 Å². The Balaban J connectivity index is 1.86. The summed E-state index contributed by atoms with van der Waals surface area (Å²) in [6.45, 7) is 3.77. The number of carbonyl (C=O) groups is 1. The van der Waals surface area contributed by atoms with Gasteiger partial charge in [0.1, 0.15) is 5.75 Å². The topological polar surface area (TPSA) is 58.6 Å². The van der Waals surface area contributed by atoms with E-state index < -0.39 is 5.54 Å². The maximum Gasteiger partial charge on any atom is 0.258 e. The van der Waals surface area contributed by atoms with Gasteiger partial charge in [-0.1, -0.05) is 18.2 Å². The third-order valence-corrected chi connectivity index (χ3v) is 3.68. The van der Waals surface area contributed by atoms with Crippen LogP contribution in [0.25, 0.3) is 0 Å². The minimum absolute atomic E-state index is 0.0207. The van der Waals surface area contributed by atoms with E-state index in [1.807, 2.05) is 38.1 Å². The number of hydrogen-bond acceptors (Lipinski definition) is 3. The van der Waals surface area contributed by atoms with Crippen molar-refractivity contribution in [3.05, 3.63) is 29.8 Å². The molecule has 1 aromatic rings. The molecular weight excluding hydrogens is 242 g/mol. The van der Waals surface area contributed by atoms with Crippen LogP contribution < -0.4 is 10.1 Å². The highest BCUT2D eigenvalue weighted by molar-refractivity contribution is 5.78. The Morgan fingerprint density at radius 2 is 2.16 bits per heavy atom. The first kappa shape index (κ1) is 13.9. The highest BCUT2D eigenvalue weighted by Gasteiger charge is 2.42. The molecule has 0 aliphatic heterocycles. The van der Waals surface area contributed by atoms with Crippen LogP contribution in [0.15, 0.2) is 24.3 Å². The predicted octanol–water partition coefficient (Wildman–Crippen LogP) is 1.65. The van der Waals surface area contributed by atoms with Crippen molar-refractivity contribution in [1.82, 2.24) is 5.32 Å². The number of hydrogen-bond donors (Lipinski definition) is 2. The molecule has 1 aromatic carbocycles. The third-order valence-electron chi connectivity index (χ3n) is 3.68. The summed E-state index contributed by atoms with van der Waals surface area (Å²) in [4.78, 5) is 11.9. The first-order chi connectivity index (χ1) is 9.05. The van der Waals surface area contributed by atoms with Gasteiger partial charge in [-0.3, -0.25) is 4.79 Å². The number of nitrogens with one attached hydrogen (secondary N) is 1. The van der Waals surface area contributed by atoms with Gasteiger partial charge in [0.25, 0.3) is 5.91 Å². The third kappa shape index (κ3) is 3.47. The summed E-state index contributed by atoms with van der Waals surface area (Å²) < 4.78 is 5.50. The fraction of sp³-hybridized carbons (Fsp3) is 0.533. The zero-order valence-electron chi connectivity index (χ0n) is 11.5. The summed E-state index contributed by atoms with van der Waals surface area (Å²) >= 11 is 0. The van der Waals surface area contributed by atoms with Gasteiger partial charge in [-0.25, -0.2) is 0 Å². The van der Waals surface area contributed by atoms with Gasteiger partial charge in [-0.05, 0) is 44.2 Å². The zero-order chi connectivity index (χ0) is 13.9. The molecule has 0 spiro atoms. The normalized spacial score (nSPS) is 17.6. The monoisotopic (exact) mass is 263 g/mol. The molecule has 1 aliphatic carbocycles. The van der Waals surface area contributed by atoms with Gasteiger partial charge in [0.05, 0.1) is 12.1 Å². The van der Waals surface area contributed by atoms with Gasteiger partial charge in [0.15, 0.2) is 6.61 Å². The van der Waals surface area contributed by atoms with Gasteiger partial charge in [0, 0.05) is 0 Å². The molecule has 0 radical (unpaired) electrons. The minimum Gasteiger partial charge on any atom is -0.484 e. The Morgan fingerprint density at radius 1 is 1.47 bits per heavy atom. The molecule has 1 amide bonds. The summed E-state index contributed by atoms with van der Waals surface area (Å²) in [5.41, 5.74) is 0.494. The maximum atomic E-state index is 11.9. The molecule has 4 nitrogen and oxygen atoms in total. The average molecular weight is 263 g/mol. The van der Waals surface area contributed by atoms with Crippen LogP contribution in [0.2, 0.25) is 0 Å². The minimum atomic E-state index is -0.508. The van der Waals surface area contributed by atoms with Crippen molar-refractivity contribution >= 4 is 5.91 Å². The highest BCUT2D eigenvalue weighted by atomic mass is 16.5. The first-order valence-electron chi connectivity index (χ1n) is 6.65. The molecule has 0 aromatic heterocycles. The van der Waals surface area contributed by atoms with E-state index in [2.05, 4.69) is 5.32 Å². The smallest absolute Gasteiger partial charge is 0.258 e. The number of rotatable bonds is 6. The van der Waals surface area contributed by atoms with Crippen LogP contribution in [0.1, 0.15) is 25.3 Å². The molecule has 0 saturated heterocycles. The van der Waals surface area contributed by atoms with E-state index >= 15 is 0 Å². The fourth-order valence-corrected chi connectivity index (χ4v) is 2.21. The van der Waals surface area contributed by atoms with Crippen LogP contribution >= 0.6 is 0 Å². The number of aliphatic hydroxyl groups excluding tert-OH is 1. The van der Waals surface area contributed by atoms with Crippen molar-refractivity contribution in [1.29, 1.82) is 0 Å². The molecule has 19 heavy (non-hydrogen) atoms. The molecule has 1 fully saturated rings. The Bertz CT molecular complexity index is 456. The standard InChI is InChI=1S/C15H21NO3/c1-11-5-3-4-6-13(11)19-9-14(18)16-15(2,10-17)12-7-8-12/h3-6,12,17H,7-10H2,1-2H3,(H,16,18). The van der Waals surface area contributed by atoms with Crippen LogP contribution in [-0.4, -0.2) is 29.8 Å². The van der Waals surface area contributed by atoms with E-state index in [0.29, 0.717) is 5.92 Å². The summed E-state index contributed by atoms with van der Waals surface area (Å²) in [7, 11) is 0. The second-order valence-corrected chi connectivity index (χ2v) is 5.45. The van der Waals surface area contributed by atoms with E-state index in [-0.39, 0.29) is 19.1 Å². The molecule has 1 atom stereocenters. The van der Waals surface area contributed by atoms with Gasteiger partial charge >= 0.3 is 0 Å². The molecule has 0 heterocycles. The van der Waals surface area contributed by atoms with Crippen molar-refractivity contribution in [3.8, 4) is 5.75 Å². The lowest BCUT2D eigenvalue weighted by atomic mass is 9.97. The molecule has 0 bridgehead atoms. The Hall–Kier alpha value is -1.55. The molecule has 104 valence electrons. The Kier molecular flexibility index (Phi) is 4.10. The molecule has 1 aliphatic rings. The molecule has 2 rings (SSSR count). The van der Waals surface area contributed by atoms with Gasteiger partial charge in [0.2, 0.25) is 0 Å². The predicted molar refractivity (Wildman–Crippen MR) is 73.0 cm³/mol. The van der Waals surface area contributed by atoms with Crippen LogP contribution in [0.4, 0.5) is 0 Å². The van der Waals surface area contributed by atoms with Crippen molar-refractivity contribution in [2.45, 2.75) is 32.2 Å². The molecule has 2 N–H and O–H groups in total. The van der Waals surface area contributed by atoms with Crippen molar-refractivity contribution in [3.63, 3.8) is 0 Å². The number of para-hydroxylation sites is 1. The maximum absolute atomic E-state index is 11.9. The lowest BCUT2D eigenvalue weighted by Crippen LogP contribution is -2.52. The van der Waals surface area contributed by atoms with E-state index in [9.17, 15) is 9.90 Å². The molecule has 4 heteroatoms. The van der Waals surface area contributed by atoms with Crippen molar-refractivity contribution in [2.24, 2.45) is 5.92 Å². The van der Waals surface area contributed by atoms with E-state index in [4.69, 9.17) is 4.74 Å². The van der Waals surface area contributed by atoms with E-state index in [1.165, 1.54) is 0 Å².